The molecule has 0 saturated carbocycles. The topological polar surface area (TPSA) is 63.6 Å². The molecule has 2 rings (SSSR count). The summed E-state index contributed by atoms with van der Waals surface area (Å²) in [7, 11) is 0. The van der Waals surface area contributed by atoms with E-state index in [0.717, 1.165) is 22.7 Å². The Balaban J connectivity index is 2.60. The Hall–Kier alpha value is -1.78. The average Bonchev–Trinajstić information content (AvgIpc) is 2.28. The molecule has 2 aromatic heterocycles. The van der Waals surface area contributed by atoms with Gasteiger partial charge >= 0.3 is 0 Å². The molecule has 90 valence electrons. The quantitative estimate of drug-likeness (QED) is 0.878. The van der Waals surface area contributed by atoms with Gasteiger partial charge in [-0.15, -0.1) is 0 Å². The summed E-state index contributed by atoms with van der Waals surface area (Å²) < 4.78 is 0. The summed E-state index contributed by atoms with van der Waals surface area (Å²) in [5.41, 5.74) is 1.56. The Morgan fingerprint density at radius 1 is 1.12 bits per heavy atom. The van der Waals surface area contributed by atoms with Crippen molar-refractivity contribution in [3.63, 3.8) is 0 Å². The van der Waals surface area contributed by atoms with Gasteiger partial charge in [0, 0.05) is 12.0 Å². The fourth-order valence-corrected chi connectivity index (χ4v) is 1.53. The number of nitrogens with zero attached hydrogens (tertiary/aromatic N) is 4. The number of hydrogen-bond donors (Lipinski definition) is 1. The van der Waals surface area contributed by atoms with Crippen molar-refractivity contribution in [1.82, 2.24) is 19.9 Å². The highest BCUT2D eigenvalue weighted by molar-refractivity contribution is 5.84. The molecule has 0 unspecified atom stereocenters. The van der Waals surface area contributed by atoms with Gasteiger partial charge in [-0.2, -0.15) is 0 Å². The molecule has 0 aromatic carbocycles. The van der Waals surface area contributed by atoms with E-state index < -0.39 is 0 Å². The van der Waals surface area contributed by atoms with Gasteiger partial charge < -0.3 is 5.32 Å². The molecule has 0 aliphatic carbocycles. The van der Waals surface area contributed by atoms with Crippen LogP contribution in [0.2, 0.25) is 0 Å². The van der Waals surface area contributed by atoms with Crippen LogP contribution in [0, 0.1) is 0 Å². The van der Waals surface area contributed by atoms with Crippen LogP contribution < -0.4 is 5.32 Å². The van der Waals surface area contributed by atoms with Crippen LogP contribution in [0.25, 0.3) is 11.0 Å². The first-order valence-corrected chi connectivity index (χ1v) is 5.82. The molecule has 0 fully saturated rings. The van der Waals surface area contributed by atoms with Crippen molar-refractivity contribution in [1.29, 1.82) is 0 Å². The third-order valence-corrected chi connectivity index (χ3v) is 2.32. The molecule has 5 heteroatoms. The van der Waals surface area contributed by atoms with Crippen LogP contribution in [0.3, 0.4) is 0 Å². The first-order chi connectivity index (χ1) is 8.08. The molecule has 0 bridgehead atoms. The van der Waals surface area contributed by atoms with Gasteiger partial charge in [-0.05, 0) is 13.8 Å². The number of anilines is 1. The Morgan fingerprint density at radius 2 is 1.88 bits per heavy atom. The van der Waals surface area contributed by atoms with Gasteiger partial charge in [-0.25, -0.2) is 19.9 Å². The van der Waals surface area contributed by atoms with Crippen LogP contribution in [0.15, 0.2) is 12.5 Å². The number of fused-ring (bicyclic) bond motifs is 1. The zero-order valence-corrected chi connectivity index (χ0v) is 10.6. The minimum Gasteiger partial charge on any atom is -0.366 e. The highest BCUT2D eigenvalue weighted by Gasteiger charge is 2.11. The Morgan fingerprint density at radius 3 is 2.53 bits per heavy atom. The Bertz CT molecular complexity index is 521. The van der Waals surface area contributed by atoms with Crippen LogP contribution in [-0.4, -0.2) is 26.0 Å². The molecule has 1 N–H and O–H groups in total. The van der Waals surface area contributed by atoms with E-state index in [9.17, 15) is 0 Å². The largest absolute Gasteiger partial charge is 0.366 e. The molecule has 0 amide bonds. The lowest BCUT2D eigenvalue weighted by Gasteiger charge is -2.13. The van der Waals surface area contributed by atoms with Crippen molar-refractivity contribution in [3.05, 3.63) is 18.3 Å². The lowest BCUT2D eigenvalue weighted by molar-refractivity contribution is 0.777. The zero-order chi connectivity index (χ0) is 12.4. The molecule has 0 aliphatic rings. The summed E-state index contributed by atoms with van der Waals surface area (Å²) in [5.74, 6) is 1.89. The van der Waals surface area contributed by atoms with Crippen molar-refractivity contribution >= 4 is 16.9 Å². The van der Waals surface area contributed by atoms with E-state index in [0.29, 0.717) is 6.04 Å². The molecule has 0 spiro atoms. The van der Waals surface area contributed by atoms with Gasteiger partial charge in [0.15, 0.2) is 5.82 Å². The van der Waals surface area contributed by atoms with E-state index in [1.165, 1.54) is 6.33 Å². The third-order valence-electron chi connectivity index (χ3n) is 2.32. The second kappa shape index (κ2) is 4.61. The smallest absolute Gasteiger partial charge is 0.156 e. The van der Waals surface area contributed by atoms with E-state index in [1.54, 1.807) is 6.20 Å². The van der Waals surface area contributed by atoms with Crippen LogP contribution >= 0.6 is 0 Å². The molecule has 0 radical (unpaired) electrons. The van der Waals surface area contributed by atoms with Crippen molar-refractivity contribution < 1.29 is 0 Å². The number of hydrogen-bond acceptors (Lipinski definition) is 5. The second-order valence-corrected chi connectivity index (χ2v) is 4.64. The normalized spacial score (nSPS) is 11.4. The fourth-order valence-electron chi connectivity index (χ4n) is 1.53. The minimum atomic E-state index is 0.285. The lowest BCUT2D eigenvalue weighted by Crippen LogP contribution is -2.14. The maximum absolute atomic E-state index is 4.53. The molecule has 17 heavy (non-hydrogen) atoms. The third kappa shape index (κ3) is 2.49. The maximum Gasteiger partial charge on any atom is 0.156 e. The predicted octanol–water partition coefficient (Wildman–Crippen LogP) is 2.36. The van der Waals surface area contributed by atoms with E-state index in [-0.39, 0.29) is 5.92 Å². The van der Waals surface area contributed by atoms with Crippen LogP contribution in [0.1, 0.15) is 39.4 Å². The monoisotopic (exact) mass is 231 g/mol. The van der Waals surface area contributed by atoms with Gasteiger partial charge in [0.05, 0.1) is 6.20 Å². The van der Waals surface area contributed by atoms with E-state index >= 15 is 0 Å². The molecular formula is C12H17N5. The van der Waals surface area contributed by atoms with E-state index in [1.807, 2.05) is 0 Å². The molecule has 0 atom stereocenters. The van der Waals surface area contributed by atoms with Crippen LogP contribution in [-0.2, 0) is 0 Å². The van der Waals surface area contributed by atoms with Crippen LogP contribution in [0.4, 0.5) is 5.82 Å². The maximum atomic E-state index is 4.53. The van der Waals surface area contributed by atoms with Crippen LogP contribution in [0.5, 0.6) is 0 Å². The molecule has 2 aromatic rings. The van der Waals surface area contributed by atoms with E-state index in [4.69, 9.17) is 0 Å². The molecule has 2 heterocycles. The summed E-state index contributed by atoms with van der Waals surface area (Å²) in [6.45, 7) is 8.29. The van der Waals surface area contributed by atoms with Gasteiger partial charge in [-0.1, -0.05) is 13.8 Å². The lowest BCUT2D eigenvalue weighted by atomic mass is 10.2. The van der Waals surface area contributed by atoms with Gasteiger partial charge in [0.25, 0.3) is 0 Å². The number of rotatable bonds is 3. The van der Waals surface area contributed by atoms with Gasteiger partial charge in [0.1, 0.15) is 23.2 Å². The van der Waals surface area contributed by atoms with Gasteiger partial charge in [-0.3, -0.25) is 0 Å². The minimum absolute atomic E-state index is 0.285. The summed E-state index contributed by atoms with van der Waals surface area (Å²) in [4.78, 5) is 17.2. The molecule has 0 saturated heterocycles. The van der Waals surface area contributed by atoms with Crippen molar-refractivity contribution in [2.75, 3.05) is 5.32 Å². The highest BCUT2D eigenvalue weighted by Crippen LogP contribution is 2.20. The van der Waals surface area contributed by atoms with Crippen molar-refractivity contribution in [3.8, 4) is 0 Å². The number of aromatic nitrogens is 4. The predicted molar refractivity (Wildman–Crippen MR) is 68.0 cm³/mol. The molecular weight excluding hydrogens is 214 g/mol. The summed E-state index contributed by atoms with van der Waals surface area (Å²) in [5, 5.41) is 3.30. The first-order valence-electron chi connectivity index (χ1n) is 5.82. The summed E-state index contributed by atoms with van der Waals surface area (Å²) in [6, 6.07) is 0.308. The summed E-state index contributed by atoms with van der Waals surface area (Å²) >= 11 is 0. The summed E-state index contributed by atoms with van der Waals surface area (Å²) in [6.07, 6.45) is 3.24. The van der Waals surface area contributed by atoms with Crippen molar-refractivity contribution in [2.24, 2.45) is 0 Å². The molecule has 5 nitrogen and oxygen atoms in total. The number of nitrogens with one attached hydrogen (secondary N) is 1. The Labute approximate surface area is 101 Å². The Kier molecular flexibility index (Phi) is 3.17. The zero-order valence-electron chi connectivity index (χ0n) is 10.6. The average molecular weight is 231 g/mol. The van der Waals surface area contributed by atoms with Gasteiger partial charge in [0.2, 0.25) is 0 Å². The van der Waals surface area contributed by atoms with E-state index in [2.05, 4.69) is 52.9 Å². The second-order valence-electron chi connectivity index (χ2n) is 4.64. The SMILES string of the molecule is CC(C)Nc1nc(C(C)C)nc2cncnc12. The first kappa shape index (κ1) is 11.7. The molecule has 0 aliphatic heterocycles. The standard InChI is InChI=1S/C12H17N5/c1-7(2)11-16-9-5-13-6-14-10(9)12(17-11)15-8(3)4/h5-8H,1-4H3,(H,15,16,17). The highest BCUT2D eigenvalue weighted by atomic mass is 15.1. The fraction of sp³-hybridized carbons (Fsp3) is 0.500. The van der Waals surface area contributed by atoms with Crippen molar-refractivity contribution in [2.45, 2.75) is 39.7 Å².